The Labute approximate surface area is 133 Å². The second kappa shape index (κ2) is 6.74. The van der Waals surface area contributed by atoms with Gasteiger partial charge in [0.15, 0.2) is 0 Å². The van der Waals surface area contributed by atoms with E-state index in [1.165, 1.54) is 0 Å². The van der Waals surface area contributed by atoms with E-state index in [4.69, 9.17) is 14.2 Å². The number of ether oxygens (including phenoxy) is 3. The van der Waals surface area contributed by atoms with Gasteiger partial charge in [-0.05, 0) is 12.1 Å². The number of methoxy groups -OCH3 is 2. The van der Waals surface area contributed by atoms with Crippen molar-refractivity contribution in [2.45, 2.75) is 0 Å². The smallest absolute Gasteiger partial charge is 0.246 e. The number of rotatable bonds is 5. The number of pyridine rings is 1. The van der Waals surface area contributed by atoms with Crippen molar-refractivity contribution in [2.24, 2.45) is 0 Å². The zero-order valence-corrected chi connectivity index (χ0v) is 12.8. The van der Waals surface area contributed by atoms with E-state index in [-0.39, 0.29) is 0 Å². The summed E-state index contributed by atoms with van der Waals surface area (Å²) in [5.41, 5.74) is 1.44. The highest BCUT2D eigenvalue weighted by molar-refractivity contribution is 5.63. The summed E-state index contributed by atoms with van der Waals surface area (Å²) < 4.78 is 16.4. The third-order valence-corrected chi connectivity index (χ3v) is 3.14. The maximum absolute atomic E-state index is 5.89. The van der Waals surface area contributed by atoms with Gasteiger partial charge in [0.25, 0.3) is 0 Å². The van der Waals surface area contributed by atoms with Crippen molar-refractivity contribution in [1.82, 2.24) is 15.0 Å². The quantitative estimate of drug-likeness (QED) is 0.720. The van der Waals surface area contributed by atoms with E-state index in [1.807, 2.05) is 12.1 Å². The Hall–Kier alpha value is -3.15. The van der Waals surface area contributed by atoms with E-state index < -0.39 is 0 Å². The van der Waals surface area contributed by atoms with E-state index in [0.717, 1.165) is 5.56 Å². The third kappa shape index (κ3) is 3.37. The van der Waals surface area contributed by atoms with Gasteiger partial charge in [-0.15, -0.1) is 0 Å². The van der Waals surface area contributed by atoms with Crippen LogP contribution in [0.25, 0.3) is 11.3 Å². The minimum atomic E-state index is 0.385. The molecule has 0 aliphatic heterocycles. The maximum Gasteiger partial charge on any atom is 0.246 e. The van der Waals surface area contributed by atoms with Gasteiger partial charge in [0, 0.05) is 48.5 Å². The van der Waals surface area contributed by atoms with Crippen molar-refractivity contribution >= 4 is 0 Å². The lowest BCUT2D eigenvalue weighted by Gasteiger charge is -2.11. The van der Waals surface area contributed by atoms with Crippen molar-refractivity contribution < 1.29 is 14.2 Å². The fraction of sp³-hybridized carbons (Fsp3) is 0.118. The summed E-state index contributed by atoms with van der Waals surface area (Å²) in [7, 11) is 3.17. The molecular weight excluding hydrogens is 294 g/mol. The third-order valence-electron chi connectivity index (χ3n) is 3.14. The Bertz CT molecular complexity index is 772. The van der Waals surface area contributed by atoms with Gasteiger partial charge in [0.2, 0.25) is 5.88 Å². The average Bonchev–Trinajstić information content (AvgIpc) is 2.62. The molecule has 3 aromatic rings. The summed E-state index contributed by atoms with van der Waals surface area (Å²) in [6.45, 7) is 0. The molecule has 0 fully saturated rings. The maximum atomic E-state index is 5.89. The van der Waals surface area contributed by atoms with Gasteiger partial charge in [-0.1, -0.05) is 0 Å². The molecule has 23 heavy (non-hydrogen) atoms. The molecule has 0 atom stereocenters. The van der Waals surface area contributed by atoms with Crippen LogP contribution >= 0.6 is 0 Å². The molecule has 0 N–H and O–H groups in total. The number of benzene rings is 1. The zero-order valence-electron chi connectivity index (χ0n) is 12.8. The summed E-state index contributed by atoms with van der Waals surface area (Å²) >= 11 is 0. The number of hydrogen-bond acceptors (Lipinski definition) is 6. The molecule has 116 valence electrons. The van der Waals surface area contributed by atoms with E-state index in [9.17, 15) is 0 Å². The van der Waals surface area contributed by atoms with Crippen LogP contribution in [0.5, 0.6) is 23.1 Å². The van der Waals surface area contributed by atoms with Crippen LogP contribution in [-0.2, 0) is 0 Å². The van der Waals surface area contributed by atoms with Crippen molar-refractivity contribution in [3.8, 4) is 34.4 Å². The topological polar surface area (TPSA) is 66.4 Å². The second-order valence-electron chi connectivity index (χ2n) is 4.60. The van der Waals surface area contributed by atoms with Gasteiger partial charge in [-0.2, -0.15) is 0 Å². The van der Waals surface area contributed by atoms with Crippen LogP contribution in [0.4, 0.5) is 0 Å². The highest BCUT2D eigenvalue weighted by Crippen LogP contribution is 2.33. The van der Waals surface area contributed by atoms with Crippen LogP contribution in [0.2, 0.25) is 0 Å². The average molecular weight is 309 g/mol. The second-order valence-corrected chi connectivity index (χ2v) is 4.60. The Kier molecular flexibility index (Phi) is 4.33. The van der Waals surface area contributed by atoms with Crippen molar-refractivity contribution in [3.63, 3.8) is 0 Å². The molecule has 1 aromatic carbocycles. The summed E-state index contributed by atoms with van der Waals surface area (Å²) in [5, 5.41) is 0. The molecule has 6 heteroatoms. The normalized spacial score (nSPS) is 10.2. The summed E-state index contributed by atoms with van der Waals surface area (Å²) in [4.78, 5) is 12.7. The monoisotopic (exact) mass is 309 g/mol. The van der Waals surface area contributed by atoms with E-state index in [0.29, 0.717) is 28.8 Å². The van der Waals surface area contributed by atoms with E-state index in [1.54, 1.807) is 57.2 Å². The predicted molar refractivity (Wildman–Crippen MR) is 84.9 cm³/mol. The molecule has 0 amide bonds. The summed E-state index contributed by atoms with van der Waals surface area (Å²) in [5.74, 6) is 2.19. The van der Waals surface area contributed by atoms with Gasteiger partial charge in [0.1, 0.15) is 22.9 Å². The van der Waals surface area contributed by atoms with Crippen LogP contribution in [0.15, 0.2) is 55.1 Å². The molecule has 6 nitrogen and oxygen atoms in total. The molecule has 3 rings (SSSR count). The molecule has 0 aliphatic carbocycles. The first-order valence-corrected chi connectivity index (χ1v) is 6.92. The Morgan fingerprint density at radius 3 is 2.17 bits per heavy atom. The minimum absolute atomic E-state index is 0.385. The van der Waals surface area contributed by atoms with Crippen LogP contribution < -0.4 is 14.2 Å². The molecule has 0 bridgehead atoms. The lowest BCUT2D eigenvalue weighted by atomic mass is 10.2. The highest BCUT2D eigenvalue weighted by Gasteiger charge is 2.12. The predicted octanol–water partition coefficient (Wildman–Crippen LogP) is 3.35. The van der Waals surface area contributed by atoms with Gasteiger partial charge >= 0.3 is 0 Å². The van der Waals surface area contributed by atoms with Crippen molar-refractivity contribution in [3.05, 3.63) is 55.1 Å². The van der Waals surface area contributed by atoms with Crippen LogP contribution in [0.1, 0.15) is 0 Å². The van der Waals surface area contributed by atoms with E-state index >= 15 is 0 Å². The van der Waals surface area contributed by atoms with Gasteiger partial charge < -0.3 is 14.2 Å². The van der Waals surface area contributed by atoms with Crippen LogP contribution in [0.3, 0.4) is 0 Å². The SMILES string of the molecule is COc1cc(OC)cc(Oc2nccnc2-c2cccnc2)c1. The first-order chi connectivity index (χ1) is 11.3. The number of hydrogen-bond donors (Lipinski definition) is 0. The first-order valence-electron chi connectivity index (χ1n) is 6.92. The molecule has 2 aromatic heterocycles. The zero-order chi connectivity index (χ0) is 16.1. The van der Waals surface area contributed by atoms with Gasteiger partial charge in [-0.3, -0.25) is 4.98 Å². The Balaban J connectivity index is 1.98. The molecule has 0 spiro atoms. The Morgan fingerprint density at radius 1 is 0.826 bits per heavy atom. The first kappa shape index (κ1) is 14.8. The lowest BCUT2D eigenvalue weighted by Crippen LogP contribution is -1.95. The molecule has 0 radical (unpaired) electrons. The molecule has 0 saturated heterocycles. The highest BCUT2D eigenvalue weighted by atomic mass is 16.5. The fourth-order valence-electron chi connectivity index (χ4n) is 2.05. The van der Waals surface area contributed by atoms with E-state index in [2.05, 4.69) is 15.0 Å². The Morgan fingerprint density at radius 2 is 1.52 bits per heavy atom. The van der Waals surface area contributed by atoms with Gasteiger partial charge in [-0.25, -0.2) is 9.97 Å². The standard InChI is InChI=1S/C17H15N3O3/c1-21-13-8-14(22-2)10-15(9-13)23-17-16(19-6-7-20-17)12-4-3-5-18-11-12/h3-11H,1-2H3. The van der Waals surface area contributed by atoms with Crippen LogP contribution in [0, 0.1) is 0 Å². The molecule has 0 aliphatic rings. The number of aromatic nitrogens is 3. The summed E-state index contributed by atoms with van der Waals surface area (Å²) in [6.07, 6.45) is 6.60. The molecule has 0 saturated carbocycles. The van der Waals surface area contributed by atoms with Crippen molar-refractivity contribution in [1.29, 1.82) is 0 Å². The summed E-state index contributed by atoms with van der Waals surface area (Å²) in [6, 6.07) is 9.01. The molecule has 2 heterocycles. The minimum Gasteiger partial charge on any atom is -0.496 e. The number of nitrogens with zero attached hydrogens (tertiary/aromatic N) is 3. The lowest BCUT2D eigenvalue weighted by molar-refractivity contribution is 0.385. The molecular formula is C17H15N3O3. The fourth-order valence-corrected chi connectivity index (χ4v) is 2.05. The van der Waals surface area contributed by atoms with Crippen molar-refractivity contribution in [2.75, 3.05) is 14.2 Å². The largest absolute Gasteiger partial charge is 0.496 e. The van der Waals surface area contributed by atoms with Gasteiger partial charge in [0.05, 0.1) is 14.2 Å². The van der Waals surface area contributed by atoms with Crippen LogP contribution in [-0.4, -0.2) is 29.2 Å². The molecule has 0 unspecified atom stereocenters.